The molecule has 5 rings (SSSR count). The molecule has 0 N–H and O–H groups in total. The van der Waals surface area contributed by atoms with E-state index in [4.69, 9.17) is 16.6 Å². The molecule has 2 heterocycles. The SMILES string of the molecule is CCc1cccc(CC)c1-c1cc(C)c2c(n1)CCCC2N1CCc2ccc(Cl)cc2C1. The largest absolute Gasteiger partial charge is 0.292 e. The normalized spacial score (nSPS) is 18.3. The summed E-state index contributed by atoms with van der Waals surface area (Å²) in [6.07, 6.45) is 6.71. The number of aromatic nitrogens is 1. The van der Waals surface area contributed by atoms with Gasteiger partial charge in [0.25, 0.3) is 0 Å². The van der Waals surface area contributed by atoms with Crippen molar-refractivity contribution in [2.24, 2.45) is 0 Å². The van der Waals surface area contributed by atoms with E-state index in [9.17, 15) is 0 Å². The van der Waals surface area contributed by atoms with Crippen molar-refractivity contribution in [3.8, 4) is 11.3 Å². The highest BCUT2D eigenvalue weighted by atomic mass is 35.5. The molecule has 2 nitrogen and oxygen atoms in total. The van der Waals surface area contributed by atoms with Gasteiger partial charge in [0.1, 0.15) is 0 Å². The van der Waals surface area contributed by atoms with Gasteiger partial charge in [-0.1, -0.05) is 49.7 Å². The average molecular weight is 445 g/mol. The molecule has 2 aromatic carbocycles. The first-order chi connectivity index (χ1) is 15.6. The second-order valence-corrected chi connectivity index (χ2v) is 9.82. The lowest BCUT2D eigenvalue weighted by molar-refractivity contribution is 0.160. The van der Waals surface area contributed by atoms with Gasteiger partial charge in [-0.3, -0.25) is 9.88 Å². The molecule has 2 aliphatic rings. The summed E-state index contributed by atoms with van der Waals surface area (Å²) in [7, 11) is 0. The van der Waals surface area contributed by atoms with Gasteiger partial charge in [0, 0.05) is 35.4 Å². The van der Waals surface area contributed by atoms with Crippen LogP contribution < -0.4 is 0 Å². The summed E-state index contributed by atoms with van der Waals surface area (Å²) in [5.74, 6) is 0. The van der Waals surface area contributed by atoms with E-state index in [0.29, 0.717) is 6.04 Å². The Bertz CT molecular complexity index is 1130. The van der Waals surface area contributed by atoms with Crippen LogP contribution in [0.2, 0.25) is 5.02 Å². The second-order valence-electron chi connectivity index (χ2n) is 9.38. The lowest BCUT2D eigenvalue weighted by Gasteiger charge is -2.39. The van der Waals surface area contributed by atoms with Crippen LogP contribution in [0.4, 0.5) is 0 Å². The van der Waals surface area contributed by atoms with Crippen LogP contribution in [0.1, 0.15) is 71.8 Å². The van der Waals surface area contributed by atoms with Gasteiger partial charge in [-0.05, 0) is 97.0 Å². The van der Waals surface area contributed by atoms with Crippen LogP contribution in [0.5, 0.6) is 0 Å². The topological polar surface area (TPSA) is 16.1 Å². The molecular formula is C29H33ClN2. The molecule has 0 spiro atoms. The maximum Gasteiger partial charge on any atom is 0.0713 e. The zero-order chi connectivity index (χ0) is 22.2. The Morgan fingerprint density at radius 2 is 1.78 bits per heavy atom. The van der Waals surface area contributed by atoms with Crippen molar-refractivity contribution in [3.63, 3.8) is 0 Å². The smallest absolute Gasteiger partial charge is 0.0713 e. The number of nitrogens with zero attached hydrogens (tertiary/aromatic N) is 2. The van der Waals surface area contributed by atoms with Crippen LogP contribution in [-0.4, -0.2) is 16.4 Å². The minimum Gasteiger partial charge on any atom is -0.292 e. The minimum absolute atomic E-state index is 0.458. The summed E-state index contributed by atoms with van der Waals surface area (Å²) in [6.45, 7) is 8.90. The van der Waals surface area contributed by atoms with Crippen molar-refractivity contribution in [2.75, 3.05) is 6.54 Å². The van der Waals surface area contributed by atoms with E-state index in [2.05, 4.69) is 62.1 Å². The molecule has 0 saturated carbocycles. The first-order valence-electron chi connectivity index (χ1n) is 12.2. The number of benzene rings is 2. The van der Waals surface area contributed by atoms with Crippen LogP contribution in [-0.2, 0) is 32.2 Å². The molecule has 1 unspecified atom stereocenters. The Kier molecular flexibility index (Phi) is 6.09. The molecule has 0 amide bonds. The van der Waals surface area contributed by atoms with Crippen LogP contribution in [0.15, 0.2) is 42.5 Å². The molecule has 3 heteroatoms. The molecule has 0 saturated heterocycles. The Labute approximate surface area is 197 Å². The Hall–Kier alpha value is -2.16. The first-order valence-corrected chi connectivity index (χ1v) is 12.6. The predicted octanol–water partition coefficient (Wildman–Crippen LogP) is 7.27. The molecule has 0 fully saturated rings. The molecule has 3 aromatic rings. The van der Waals surface area contributed by atoms with Gasteiger partial charge in [0.05, 0.1) is 5.69 Å². The highest BCUT2D eigenvalue weighted by molar-refractivity contribution is 6.30. The zero-order valence-electron chi connectivity index (χ0n) is 19.5. The fraction of sp³-hybridized carbons (Fsp3) is 0.414. The molecule has 0 radical (unpaired) electrons. The quantitative estimate of drug-likeness (QED) is 0.420. The molecular weight excluding hydrogens is 412 g/mol. The maximum atomic E-state index is 6.31. The van der Waals surface area contributed by atoms with Crippen LogP contribution in [0.25, 0.3) is 11.3 Å². The van der Waals surface area contributed by atoms with Gasteiger partial charge in [0.2, 0.25) is 0 Å². The summed E-state index contributed by atoms with van der Waals surface area (Å²) >= 11 is 6.31. The van der Waals surface area contributed by atoms with E-state index in [1.807, 2.05) is 6.07 Å². The van der Waals surface area contributed by atoms with Gasteiger partial charge in [0.15, 0.2) is 0 Å². The third-order valence-corrected chi connectivity index (χ3v) is 7.71. The average Bonchev–Trinajstić information content (AvgIpc) is 2.82. The number of hydrogen-bond acceptors (Lipinski definition) is 2. The van der Waals surface area contributed by atoms with Crippen molar-refractivity contribution >= 4 is 11.6 Å². The third kappa shape index (κ3) is 3.89. The molecule has 0 bridgehead atoms. The van der Waals surface area contributed by atoms with Gasteiger partial charge < -0.3 is 0 Å². The summed E-state index contributed by atoms with van der Waals surface area (Å²) in [6, 6.07) is 15.9. The number of hydrogen-bond donors (Lipinski definition) is 0. The summed E-state index contributed by atoms with van der Waals surface area (Å²) in [4.78, 5) is 7.99. The highest BCUT2D eigenvalue weighted by Gasteiger charge is 2.31. The van der Waals surface area contributed by atoms with Gasteiger partial charge >= 0.3 is 0 Å². The van der Waals surface area contributed by atoms with Crippen molar-refractivity contribution in [1.29, 1.82) is 0 Å². The Balaban J connectivity index is 1.53. The lowest BCUT2D eigenvalue weighted by Crippen LogP contribution is -2.36. The van der Waals surface area contributed by atoms with E-state index in [0.717, 1.165) is 43.8 Å². The van der Waals surface area contributed by atoms with Crippen molar-refractivity contribution in [1.82, 2.24) is 9.88 Å². The van der Waals surface area contributed by atoms with E-state index >= 15 is 0 Å². The summed E-state index contributed by atoms with van der Waals surface area (Å²) < 4.78 is 0. The highest BCUT2D eigenvalue weighted by Crippen LogP contribution is 2.40. The van der Waals surface area contributed by atoms with E-state index in [1.165, 1.54) is 63.2 Å². The maximum absolute atomic E-state index is 6.31. The lowest BCUT2D eigenvalue weighted by atomic mass is 9.84. The van der Waals surface area contributed by atoms with Gasteiger partial charge in [-0.15, -0.1) is 0 Å². The van der Waals surface area contributed by atoms with E-state index in [1.54, 1.807) is 0 Å². The Morgan fingerprint density at radius 1 is 1.00 bits per heavy atom. The zero-order valence-corrected chi connectivity index (χ0v) is 20.3. The van der Waals surface area contributed by atoms with Crippen LogP contribution >= 0.6 is 11.6 Å². The number of pyridine rings is 1. The Morgan fingerprint density at radius 3 is 2.53 bits per heavy atom. The van der Waals surface area contributed by atoms with Gasteiger partial charge in [-0.2, -0.15) is 0 Å². The van der Waals surface area contributed by atoms with Crippen LogP contribution in [0, 0.1) is 6.92 Å². The summed E-state index contributed by atoms with van der Waals surface area (Å²) in [5, 5.41) is 0.846. The molecule has 1 aliphatic heterocycles. The van der Waals surface area contributed by atoms with Gasteiger partial charge in [-0.25, -0.2) is 0 Å². The standard InChI is InChI=1S/C29H33ClN2/c1-4-20-8-6-9-21(5-2)29(20)26-16-19(3)28-25(31-26)10-7-11-27(28)32-15-14-22-12-13-24(30)17-23(22)18-32/h6,8-9,12-13,16-17,27H,4-5,7,10-11,14-15,18H2,1-3H3. The fourth-order valence-electron chi connectivity index (χ4n) is 5.88. The third-order valence-electron chi connectivity index (χ3n) is 7.47. The predicted molar refractivity (Wildman–Crippen MR) is 134 cm³/mol. The van der Waals surface area contributed by atoms with Crippen LogP contribution in [0.3, 0.4) is 0 Å². The first kappa shape index (κ1) is 21.7. The number of halogens is 1. The number of aryl methyl sites for hydroxylation is 4. The molecule has 1 aromatic heterocycles. The van der Waals surface area contributed by atoms with Crippen molar-refractivity contribution in [2.45, 2.75) is 71.9 Å². The molecule has 1 atom stereocenters. The number of fused-ring (bicyclic) bond motifs is 2. The molecule has 32 heavy (non-hydrogen) atoms. The van der Waals surface area contributed by atoms with Crippen molar-refractivity contribution < 1.29 is 0 Å². The van der Waals surface area contributed by atoms with E-state index in [-0.39, 0.29) is 0 Å². The summed E-state index contributed by atoms with van der Waals surface area (Å²) in [5.41, 5.74) is 12.4. The molecule has 166 valence electrons. The monoisotopic (exact) mass is 444 g/mol. The number of rotatable bonds is 4. The van der Waals surface area contributed by atoms with E-state index < -0.39 is 0 Å². The van der Waals surface area contributed by atoms with Crippen molar-refractivity contribution in [3.05, 3.63) is 86.6 Å². The second kappa shape index (κ2) is 9.00. The molecule has 1 aliphatic carbocycles. The minimum atomic E-state index is 0.458. The fourth-order valence-corrected chi connectivity index (χ4v) is 6.07.